The topological polar surface area (TPSA) is 49.8 Å². The number of guanidine groups is 1. The van der Waals surface area contributed by atoms with Gasteiger partial charge in [0.05, 0.1) is 36.1 Å². The molecule has 0 atom stereocenters. The molecule has 0 aliphatic carbocycles. The maximum absolute atomic E-state index is 9.07. The number of fused-ring (bicyclic) bond motifs is 6. The fourth-order valence-corrected chi connectivity index (χ4v) is 9.28. The number of hydrogen-bond donors (Lipinski definition) is 0. The molecule has 2 aromatic heterocycles. The summed E-state index contributed by atoms with van der Waals surface area (Å²) in [6.45, 7) is -0.464. The van der Waals surface area contributed by atoms with Crippen LogP contribution in [0.25, 0.3) is 55.8 Å². The number of anilines is 4. The van der Waals surface area contributed by atoms with Gasteiger partial charge in [-0.05, 0) is 63.3 Å². The van der Waals surface area contributed by atoms with Crippen molar-refractivity contribution in [2.24, 2.45) is 4.90 Å². The van der Waals surface area contributed by atoms with Gasteiger partial charge in [-0.1, -0.05) is 187 Å². The summed E-state index contributed by atoms with van der Waals surface area (Å²) in [5.74, 6) is 2.03. The summed E-state index contributed by atoms with van der Waals surface area (Å²) >= 11 is 0. The molecule has 0 fully saturated rings. The molecular formula is C61H39BN6OPt-2. The van der Waals surface area contributed by atoms with E-state index in [1.807, 2.05) is 120 Å². The number of para-hydroxylation sites is 4. The summed E-state index contributed by atoms with van der Waals surface area (Å²) < 4.78 is 97.6. The van der Waals surface area contributed by atoms with E-state index < -0.39 is 67.3 Å². The maximum Gasteiger partial charge on any atom is 0.285 e. The van der Waals surface area contributed by atoms with Crippen LogP contribution < -0.4 is 30.0 Å². The van der Waals surface area contributed by atoms with E-state index in [4.69, 9.17) is 28.3 Å². The van der Waals surface area contributed by atoms with Crippen LogP contribution in [0.1, 0.15) is 13.7 Å². The van der Waals surface area contributed by atoms with Crippen LogP contribution in [0, 0.1) is 18.5 Å². The van der Waals surface area contributed by atoms with E-state index in [0.29, 0.717) is 45.7 Å². The molecule has 0 amide bonds. The number of imidazole rings is 1. The van der Waals surface area contributed by atoms with E-state index >= 15 is 0 Å². The Bertz CT molecular complexity index is 4210. The minimum atomic E-state index is -0.580. The first kappa shape index (κ1) is 33.0. The Morgan fingerprint density at radius 2 is 1.20 bits per heavy atom. The summed E-state index contributed by atoms with van der Waals surface area (Å²) in [6.07, 6.45) is 5.19. The Balaban J connectivity index is 0.00000637. The standard InChI is InChI=1S/C61H39BN6O.Pt/c1-5-20-43(21-6-1)50-30-13-14-33-53(50)62-54-38-37-49(41-58(54)68-60-57(36-19-39-63-60)67(61(68)64-62)46-26-11-4-12-27-46)69-48-29-17-28-47(40-48)65-42-66(56-35-16-15-34-55(56)65)59-51(44-22-7-2-8-23-44)31-18-32-52(59)45-24-9-3-10-25-45;/h1-39H;/q-2;/i2D,3D,7D,8D,9D,10D,22D,23D,24D,25D;. The zero-order chi connectivity index (χ0) is 54.4. The van der Waals surface area contributed by atoms with Gasteiger partial charge < -0.3 is 14.2 Å². The smallest absolute Gasteiger partial charge is 0.285 e. The third kappa shape index (κ3) is 7.41. The second kappa shape index (κ2) is 18.1. The van der Waals surface area contributed by atoms with Crippen molar-refractivity contribution >= 4 is 57.6 Å². The van der Waals surface area contributed by atoms with Gasteiger partial charge >= 0.3 is 0 Å². The molecule has 2 aliphatic rings. The van der Waals surface area contributed by atoms with Gasteiger partial charge in [0.2, 0.25) is 0 Å². The van der Waals surface area contributed by atoms with Crippen molar-refractivity contribution in [1.29, 1.82) is 0 Å². The normalized spacial score (nSPS) is 14.5. The zero-order valence-electron chi connectivity index (χ0n) is 46.7. The molecule has 11 aromatic rings. The minimum Gasteiger partial charge on any atom is -0.510 e. The van der Waals surface area contributed by atoms with Crippen LogP contribution in [0.5, 0.6) is 11.5 Å². The monoisotopic (exact) mass is 1090 g/mol. The van der Waals surface area contributed by atoms with Crippen LogP contribution in [0.3, 0.4) is 0 Å². The first-order valence-electron chi connectivity index (χ1n) is 27.2. The number of rotatable bonds is 9. The van der Waals surface area contributed by atoms with Gasteiger partial charge in [0.15, 0.2) is 11.8 Å². The number of hydrogen-bond acceptors (Lipinski definition) is 5. The molecule has 2 aliphatic heterocycles. The van der Waals surface area contributed by atoms with Crippen LogP contribution in [0.4, 0.5) is 22.9 Å². The molecule has 9 aromatic carbocycles. The molecule has 13 rings (SSSR count). The second-order valence-electron chi connectivity index (χ2n) is 16.2. The molecule has 0 spiro atoms. The van der Waals surface area contributed by atoms with Crippen molar-refractivity contribution in [2.45, 2.75) is 0 Å². The molecular weight excluding hydrogens is 1040 g/mol. The number of pyridine rings is 1. The van der Waals surface area contributed by atoms with Gasteiger partial charge in [0.25, 0.3) is 13.2 Å². The Kier molecular flexibility index (Phi) is 8.56. The van der Waals surface area contributed by atoms with E-state index in [1.165, 1.54) is 0 Å². The summed E-state index contributed by atoms with van der Waals surface area (Å²) in [6, 6.07) is 55.6. The summed E-state index contributed by atoms with van der Waals surface area (Å²) in [4.78, 5) is 14.6. The van der Waals surface area contributed by atoms with Crippen LogP contribution in [-0.2, 0) is 21.1 Å². The van der Waals surface area contributed by atoms with Gasteiger partial charge in [0, 0.05) is 44.4 Å². The number of nitrogens with zero attached hydrogens (tertiary/aromatic N) is 6. The average molecular weight is 1090 g/mol. The fraction of sp³-hybridized carbons (Fsp3) is 0. The molecule has 4 heterocycles. The van der Waals surface area contributed by atoms with Gasteiger partial charge in [-0.3, -0.25) is 14.4 Å². The Hall–Kier alpha value is -8.58. The first-order chi connectivity index (χ1) is 38.4. The van der Waals surface area contributed by atoms with Crippen molar-refractivity contribution in [3.8, 4) is 56.3 Å². The number of aromatic nitrogens is 3. The van der Waals surface area contributed by atoms with Crippen molar-refractivity contribution in [1.82, 2.24) is 9.55 Å². The van der Waals surface area contributed by atoms with E-state index in [2.05, 4.69) is 47.6 Å². The molecule has 0 radical (unpaired) electrons. The molecule has 0 N–H and O–H groups in total. The molecule has 70 heavy (non-hydrogen) atoms. The van der Waals surface area contributed by atoms with Crippen molar-refractivity contribution in [2.75, 3.05) is 9.80 Å². The maximum atomic E-state index is 9.07. The summed E-state index contributed by atoms with van der Waals surface area (Å²) in [5.41, 5.74) is 8.15. The third-order valence-electron chi connectivity index (χ3n) is 12.2. The van der Waals surface area contributed by atoms with E-state index in [-0.39, 0.29) is 49.0 Å². The Labute approximate surface area is 435 Å². The van der Waals surface area contributed by atoms with Gasteiger partial charge in [0.1, 0.15) is 0 Å². The molecule has 0 unspecified atom stereocenters. The van der Waals surface area contributed by atoms with Crippen molar-refractivity contribution < 1.29 is 44.1 Å². The van der Waals surface area contributed by atoms with Crippen LogP contribution in [0.15, 0.2) is 241 Å². The number of benzene rings is 9. The van der Waals surface area contributed by atoms with Crippen molar-refractivity contribution in [3.05, 3.63) is 255 Å². The van der Waals surface area contributed by atoms with Crippen molar-refractivity contribution in [3.63, 3.8) is 0 Å². The fourth-order valence-electron chi connectivity index (χ4n) is 9.28. The van der Waals surface area contributed by atoms with E-state index in [9.17, 15) is 0 Å². The van der Waals surface area contributed by atoms with Gasteiger partial charge in [-0.15, -0.1) is 29.7 Å². The van der Waals surface area contributed by atoms with Crippen LogP contribution in [0.2, 0.25) is 0 Å². The average Bonchev–Trinajstić information content (AvgIpc) is 3.38. The third-order valence-corrected chi connectivity index (χ3v) is 12.2. The van der Waals surface area contributed by atoms with Gasteiger partial charge in [-0.25, -0.2) is 4.98 Å². The molecule has 0 saturated heterocycles. The predicted octanol–water partition coefficient (Wildman–Crippen LogP) is 12.3. The van der Waals surface area contributed by atoms with Gasteiger partial charge in [-0.2, -0.15) is 18.2 Å². The first-order valence-corrected chi connectivity index (χ1v) is 22.2. The predicted molar refractivity (Wildman–Crippen MR) is 278 cm³/mol. The molecule has 0 saturated carbocycles. The Morgan fingerprint density at radius 1 is 0.543 bits per heavy atom. The summed E-state index contributed by atoms with van der Waals surface area (Å²) in [7, 11) is 0. The zero-order valence-corrected chi connectivity index (χ0v) is 39.0. The van der Waals surface area contributed by atoms with Crippen LogP contribution in [-0.4, -0.2) is 22.4 Å². The summed E-state index contributed by atoms with van der Waals surface area (Å²) in [5, 5.41) is 0. The molecule has 7 nitrogen and oxygen atoms in total. The molecule has 0 bridgehead atoms. The largest absolute Gasteiger partial charge is 0.510 e. The minimum absolute atomic E-state index is 0. The molecule has 9 heteroatoms. The quantitative estimate of drug-likeness (QED) is 0.0821. The SMILES string of the molecule is [2H]c1c([2H])c([2H])c(-c2cccc(-c3c([2H])c([2H])c([2H])c([2H])c3[2H])c2-[n+]2[c-]n(-c3[c-]c(Oc4[c-]c5c(cc4)B(c4ccccc4-c4ccccc4)N=C4N(c6ccccc6)c6cccnc6N45)ccc3)c3ccccc32)c([2H])c1[2H].[Pt]. The van der Waals surface area contributed by atoms with E-state index in [1.54, 1.807) is 45.7 Å². The Morgan fingerprint density at radius 3 is 1.97 bits per heavy atom. The second-order valence-corrected chi connectivity index (χ2v) is 16.2. The van der Waals surface area contributed by atoms with E-state index in [0.717, 1.165) is 33.4 Å². The van der Waals surface area contributed by atoms with Crippen LogP contribution >= 0.6 is 0 Å². The molecule has 334 valence electrons. The number of ether oxygens (including phenoxy) is 1.